The number of rotatable bonds is 4. The first-order chi connectivity index (χ1) is 11.9. The number of hydrogen-bond acceptors (Lipinski definition) is 3. The summed E-state index contributed by atoms with van der Waals surface area (Å²) in [5.74, 6) is 0.267. The van der Waals surface area contributed by atoms with Gasteiger partial charge in [-0.1, -0.05) is 26.8 Å². The van der Waals surface area contributed by atoms with E-state index in [1.54, 1.807) is 29.2 Å². The normalized spacial score (nSPS) is 25.5. The largest absolute Gasteiger partial charge is 0.353 e. The third-order valence-corrected chi connectivity index (χ3v) is 4.97. The van der Waals surface area contributed by atoms with Crippen molar-refractivity contribution in [2.75, 3.05) is 18.4 Å². The molecule has 0 unspecified atom stereocenters. The van der Waals surface area contributed by atoms with Gasteiger partial charge in [-0.3, -0.25) is 14.4 Å². The Morgan fingerprint density at radius 3 is 2.68 bits per heavy atom. The lowest BCUT2D eigenvalue weighted by Crippen LogP contribution is -2.59. The zero-order valence-corrected chi connectivity index (χ0v) is 14.9. The Morgan fingerprint density at radius 2 is 2.04 bits per heavy atom. The third-order valence-electron chi connectivity index (χ3n) is 4.97. The number of amides is 3. The maximum Gasteiger partial charge on any atom is 0.254 e. The van der Waals surface area contributed by atoms with Crippen LogP contribution in [0.15, 0.2) is 24.3 Å². The summed E-state index contributed by atoms with van der Waals surface area (Å²) < 4.78 is 0. The van der Waals surface area contributed by atoms with Crippen LogP contribution in [0.2, 0.25) is 0 Å². The van der Waals surface area contributed by atoms with Crippen LogP contribution >= 0.6 is 0 Å². The van der Waals surface area contributed by atoms with E-state index in [0.29, 0.717) is 30.3 Å². The molecule has 1 aromatic carbocycles. The van der Waals surface area contributed by atoms with Crippen LogP contribution < -0.4 is 10.6 Å². The minimum absolute atomic E-state index is 0.00880. The topological polar surface area (TPSA) is 78.5 Å². The highest BCUT2D eigenvalue weighted by molar-refractivity contribution is 6.00. The second-order valence-electron chi connectivity index (χ2n) is 7.37. The first-order valence-corrected chi connectivity index (χ1v) is 8.88. The summed E-state index contributed by atoms with van der Waals surface area (Å²) in [6.45, 7) is 6.87. The Labute approximate surface area is 148 Å². The van der Waals surface area contributed by atoms with Crippen molar-refractivity contribution in [2.24, 2.45) is 17.8 Å². The number of anilines is 1. The molecular formula is C19H25N3O3. The van der Waals surface area contributed by atoms with Gasteiger partial charge in [-0.2, -0.15) is 0 Å². The molecule has 1 saturated heterocycles. The first kappa shape index (κ1) is 17.5. The lowest BCUT2D eigenvalue weighted by Gasteiger charge is -2.37. The summed E-state index contributed by atoms with van der Waals surface area (Å²) in [5.41, 5.74) is 1.11. The van der Waals surface area contributed by atoms with Crippen LogP contribution in [-0.4, -0.2) is 41.8 Å². The van der Waals surface area contributed by atoms with E-state index in [2.05, 4.69) is 17.6 Å². The molecule has 1 aromatic rings. The predicted octanol–water partition coefficient (Wildman–Crippen LogP) is 1.88. The fraction of sp³-hybridized carbons (Fsp3) is 0.526. The number of nitrogens with one attached hydrogen (secondary N) is 2. The molecule has 0 aromatic heterocycles. The van der Waals surface area contributed by atoms with Crippen molar-refractivity contribution >= 4 is 23.4 Å². The third kappa shape index (κ3) is 3.67. The van der Waals surface area contributed by atoms with Crippen molar-refractivity contribution in [2.45, 2.75) is 33.2 Å². The summed E-state index contributed by atoms with van der Waals surface area (Å²) in [6.07, 6.45) is 0.920. The van der Waals surface area contributed by atoms with Crippen molar-refractivity contribution < 1.29 is 14.4 Å². The Morgan fingerprint density at radius 1 is 1.32 bits per heavy atom. The van der Waals surface area contributed by atoms with Crippen molar-refractivity contribution in [3.8, 4) is 0 Å². The van der Waals surface area contributed by atoms with E-state index < -0.39 is 6.04 Å². The SMILES string of the molecule is CC(C)[C@H]1C(=O)NCCN1C(=O)c1cccc(NC(=O)[C@@H]2C[C@@H]2C)c1. The molecule has 1 aliphatic heterocycles. The minimum atomic E-state index is -0.466. The predicted molar refractivity (Wildman–Crippen MR) is 95.0 cm³/mol. The van der Waals surface area contributed by atoms with Gasteiger partial charge in [-0.05, 0) is 36.5 Å². The van der Waals surface area contributed by atoms with Gasteiger partial charge in [0.25, 0.3) is 5.91 Å². The zero-order chi connectivity index (χ0) is 18.1. The molecule has 6 nitrogen and oxygen atoms in total. The van der Waals surface area contributed by atoms with Gasteiger partial charge < -0.3 is 15.5 Å². The number of carbonyl (C=O) groups excluding carboxylic acids is 3. The molecule has 25 heavy (non-hydrogen) atoms. The number of carbonyl (C=O) groups is 3. The molecule has 1 aliphatic carbocycles. The van der Waals surface area contributed by atoms with Crippen molar-refractivity contribution in [3.63, 3.8) is 0 Å². The number of benzene rings is 1. The Kier molecular flexibility index (Phi) is 4.79. The van der Waals surface area contributed by atoms with Crippen LogP contribution in [0, 0.1) is 17.8 Å². The molecule has 3 rings (SSSR count). The van der Waals surface area contributed by atoms with Crippen LogP contribution in [0.5, 0.6) is 0 Å². The second kappa shape index (κ2) is 6.86. The van der Waals surface area contributed by atoms with E-state index in [1.165, 1.54) is 0 Å². The summed E-state index contributed by atoms with van der Waals surface area (Å²) in [7, 11) is 0. The van der Waals surface area contributed by atoms with Crippen molar-refractivity contribution in [3.05, 3.63) is 29.8 Å². The lowest BCUT2D eigenvalue weighted by molar-refractivity contribution is -0.129. The molecule has 1 saturated carbocycles. The molecule has 2 fully saturated rings. The van der Waals surface area contributed by atoms with Crippen LogP contribution in [0.25, 0.3) is 0 Å². The average Bonchev–Trinajstić information content (AvgIpc) is 3.31. The van der Waals surface area contributed by atoms with Gasteiger partial charge in [0.2, 0.25) is 11.8 Å². The van der Waals surface area contributed by atoms with Crippen LogP contribution in [0.1, 0.15) is 37.6 Å². The quantitative estimate of drug-likeness (QED) is 0.876. The second-order valence-corrected chi connectivity index (χ2v) is 7.37. The molecular weight excluding hydrogens is 318 g/mol. The van der Waals surface area contributed by atoms with Crippen LogP contribution in [0.3, 0.4) is 0 Å². The monoisotopic (exact) mass is 343 g/mol. The highest BCUT2D eigenvalue weighted by Gasteiger charge is 2.39. The Bertz CT molecular complexity index is 701. The van der Waals surface area contributed by atoms with Gasteiger partial charge in [0.15, 0.2) is 0 Å². The number of piperazine rings is 1. The minimum Gasteiger partial charge on any atom is -0.353 e. The number of hydrogen-bond donors (Lipinski definition) is 2. The van der Waals surface area contributed by atoms with Gasteiger partial charge >= 0.3 is 0 Å². The van der Waals surface area contributed by atoms with E-state index in [-0.39, 0.29) is 29.6 Å². The van der Waals surface area contributed by atoms with E-state index in [4.69, 9.17) is 0 Å². The fourth-order valence-corrected chi connectivity index (χ4v) is 3.39. The summed E-state index contributed by atoms with van der Waals surface area (Å²) >= 11 is 0. The summed E-state index contributed by atoms with van der Waals surface area (Å²) in [6, 6.07) is 6.49. The maximum atomic E-state index is 12.9. The first-order valence-electron chi connectivity index (χ1n) is 8.88. The molecule has 134 valence electrons. The maximum absolute atomic E-state index is 12.9. The molecule has 1 heterocycles. The van der Waals surface area contributed by atoms with Gasteiger partial charge in [0.05, 0.1) is 0 Å². The average molecular weight is 343 g/mol. The van der Waals surface area contributed by atoms with E-state index >= 15 is 0 Å². The number of nitrogens with zero attached hydrogens (tertiary/aromatic N) is 1. The van der Waals surface area contributed by atoms with Gasteiger partial charge in [0, 0.05) is 30.3 Å². The lowest BCUT2D eigenvalue weighted by atomic mass is 9.98. The molecule has 6 heteroatoms. The van der Waals surface area contributed by atoms with Crippen molar-refractivity contribution in [1.82, 2.24) is 10.2 Å². The van der Waals surface area contributed by atoms with Gasteiger partial charge in [-0.15, -0.1) is 0 Å². The Balaban J connectivity index is 1.76. The van der Waals surface area contributed by atoms with Crippen LogP contribution in [0.4, 0.5) is 5.69 Å². The van der Waals surface area contributed by atoms with Crippen molar-refractivity contribution in [1.29, 1.82) is 0 Å². The van der Waals surface area contributed by atoms with E-state index in [0.717, 1.165) is 6.42 Å². The molecule has 0 spiro atoms. The fourth-order valence-electron chi connectivity index (χ4n) is 3.39. The van der Waals surface area contributed by atoms with Gasteiger partial charge in [-0.25, -0.2) is 0 Å². The smallest absolute Gasteiger partial charge is 0.254 e. The highest BCUT2D eigenvalue weighted by Crippen LogP contribution is 2.38. The molecule has 2 aliphatic rings. The molecule has 0 bridgehead atoms. The molecule has 0 radical (unpaired) electrons. The Hall–Kier alpha value is -2.37. The summed E-state index contributed by atoms with van der Waals surface area (Å²) in [4.78, 5) is 38.8. The highest BCUT2D eigenvalue weighted by atomic mass is 16.2. The van der Waals surface area contributed by atoms with Gasteiger partial charge in [0.1, 0.15) is 6.04 Å². The van der Waals surface area contributed by atoms with E-state index in [9.17, 15) is 14.4 Å². The summed E-state index contributed by atoms with van der Waals surface area (Å²) in [5, 5.41) is 5.71. The van der Waals surface area contributed by atoms with E-state index in [1.807, 2.05) is 13.8 Å². The van der Waals surface area contributed by atoms with Crippen LogP contribution in [-0.2, 0) is 9.59 Å². The molecule has 3 atom stereocenters. The standard InChI is InChI=1S/C19H25N3O3/c1-11(2)16-18(24)20-7-8-22(16)19(25)13-5-4-6-14(10-13)21-17(23)15-9-12(15)3/h4-6,10-12,15-16H,7-9H2,1-3H3,(H,20,24)(H,21,23)/t12-,15+,16-/m0/s1. The molecule has 2 N–H and O–H groups in total. The molecule has 3 amide bonds. The zero-order valence-electron chi connectivity index (χ0n) is 14.9.